The van der Waals surface area contributed by atoms with Gasteiger partial charge in [-0.2, -0.15) is 0 Å². The number of anilines is 1. The highest BCUT2D eigenvalue weighted by Crippen LogP contribution is 2.27. The zero-order valence-electron chi connectivity index (χ0n) is 20.9. The number of carbonyl (C=O) groups excluding carboxylic acids is 2. The van der Waals surface area contributed by atoms with E-state index in [-0.39, 0.29) is 23.5 Å². The lowest BCUT2D eigenvalue weighted by Crippen LogP contribution is -2.51. The second-order valence-electron chi connectivity index (χ2n) is 8.19. The Kier molecular flexibility index (Phi) is 9.24. The van der Waals surface area contributed by atoms with Crippen molar-refractivity contribution in [3.8, 4) is 5.75 Å². The van der Waals surface area contributed by atoms with Gasteiger partial charge in [0.15, 0.2) is 0 Å². The van der Waals surface area contributed by atoms with Crippen LogP contribution in [0.5, 0.6) is 5.75 Å². The fourth-order valence-corrected chi connectivity index (χ4v) is 5.38. The third kappa shape index (κ3) is 6.45. The van der Waals surface area contributed by atoms with Crippen molar-refractivity contribution in [2.75, 3.05) is 25.0 Å². The number of hydrogen-bond donors (Lipinski definition) is 1. The SMILES string of the molecule is CC[C@H](C(=O)NC)N(Cc1cccc(OC)c1)C(=O)CN(c1ccccc1F)S(=O)(=O)c1ccccc1. The molecule has 0 aliphatic heterocycles. The quantitative estimate of drug-likeness (QED) is 0.411. The van der Waals surface area contributed by atoms with Gasteiger partial charge in [-0.3, -0.25) is 13.9 Å². The standard InChI is InChI=1S/C27H30FN3O5S/c1-4-24(27(33)29-2)30(18-20-11-10-12-21(17-20)36-3)26(32)19-31(25-16-9-8-15-23(25)28)37(34,35)22-13-6-5-7-14-22/h5-17,24H,4,18-19H2,1-3H3,(H,29,33)/t24-/m1/s1. The number of para-hydroxylation sites is 1. The number of hydrogen-bond acceptors (Lipinski definition) is 5. The normalized spacial score (nSPS) is 11.9. The highest BCUT2D eigenvalue weighted by molar-refractivity contribution is 7.92. The van der Waals surface area contributed by atoms with E-state index < -0.39 is 40.2 Å². The minimum Gasteiger partial charge on any atom is -0.497 e. The average molecular weight is 528 g/mol. The summed E-state index contributed by atoms with van der Waals surface area (Å²) in [6, 6.07) is 19.0. The van der Waals surface area contributed by atoms with Gasteiger partial charge in [-0.25, -0.2) is 12.8 Å². The predicted molar refractivity (Wildman–Crippen MR) is 139 cm³/mol. The van der Waals surface area contributed by atoms with E-state index in [0.717, 1.165) is 10.4 Å². The summed E-state index contributed by atoms with van der Waals surface area (Å²) in [6.07, 6.45) is 0.278. The highest BCUT2D eigenvalue weighted by Gasteiger charge is 2.34. The Bertz CT molecular complexity index is 1330. The molecule has 10 heteroatoms. The lowest BCUT2D eigenvalue weighted by atomic mass is 10.1. The van der Waals surface area contributed by atoms with Crippen molar-refractivity contribution >= 4 is 27.5 Å². The first kappa shape index (κ1) is 27.7. The van der Waals surface area contributed by atoms with Gasteiger partial charge in [0.05, 0.1) is 17.7 Å². The molecule has 196 valence electrons. The maximum atomic E-state index is 14.9. The highest BCUT2D eigenvalue weighted by atomic mass is 32.2. The van der Waals surface area contributed by atoms with Crippen LogP contribution in [0.15, 0.2) is 83.8 Å². The molecule has 3 rings (SSSR count). The van der Waals surface area contributed by atoms with Gasteiger partial charge in [0, 0.05) is 13.6 Å². The van der Waals surface area contributed by atoms with Gasteiger partial charge in [-0.05, 0) is 48.4 Å². The summed E-state index contributed by atoms with van der Waals surface area (Å²) in [6.45, 7) is 1.05. The van der Waals surface area contributed by atoms with Crippen LogP contribution >= 0.6 is 0 Å². The minimum atomic E-state index is -4.32. The molecule has 1 atom stereocenters. The molecule has 1 N–H and O–H groups in total. The van der Waals surface area contributed by atoms with Crippen molar-refractivity contribution in [1.29, 1.82) is 0 Å². The molecule has 0 heterocycles. The van der Waals surface area contributed by atoms with Crippen LogP contribution in [0.1, 0.15) is 18.9 Å². The molecule has 0 spiro atoms. The van der Waals surface area contributed by atoms with E-state index in [1.807, 2.05) is 0 Å². The van der Waals surface area contributed by atoms with Crippen molar-refractivity contribution in [3.05, 3.63) is 90.2 Å². The molecule has 0 bridgehead atoms. The monoisotopic (exact) mass is 527 g/mol. The summed E-state index contributed by atoms with van der Waals surface area (Å²) in [5, 5.41) is 2.56. The summed E-state index contributed by atoms with van der Waals surface area (Å²) < 4.78 is 48.1. The third-order valence-electron chi connectivity index (χ3n) is 5.85. The molecule has 0 aliphatic carbocycles. The first-order chi connectivity index (χ1) is 17.7. The number of halogens is 1. The summed E-state index contributed by atoms with van der Waals surface area (Å²) in [5.74, 6) is -1.30. The molecule has 3 aromatic carbocycles. The van der Waals surface area contributed by atoms with E-state index in [9.17, 15) is 22.4 Å². The van der Waals surface area contributed by atoms with E-state index in [4.69, 9.17) is 4.74 Å². The number of rotatable bonds is 11. The Hall–Kier alpha value is -3.92. The molecule has 0 radical (unpaired) electrons. The molecule has 0 saturated carbocycles. The molecular weight excluding hydrogens is 497 g/mol. The fourth-order valence-electron chi connectivity index (χ4n) is 3.94. The van der Waals surface area contributed by atoms with Gasteiger partial charge in [-0.15, -0.1) is 0 Å². The molecule has 8 nitrogen and oxygen atoms in total. The van der Waals surface area contributed by atoms with Gasteiger partial charge in [0.1, 0.15) is 24.2 Å². The Balaban J connectivity index is 2.06. The van der Waals surface area contributed by atoms with Crippen LogP contribution in [0.4, 0.5) is 10.1 Å². The first-order valence-electron chi connectivity index (χ1n) is 11.7. The predicted octanol–water partition coefficient (Wildman–Crippen LogP) is 3.58. The van der Waals surface area contributed by atoms with Crippen molar-refractivity contribution in [3.63, 3.8) is 0 Å². The Labute approximate surface area is 216 Å². The van der Waals surface area contributed by atoms with Crippen LogP contribution in [-0.4, -0.2) is 51.9 Å². The molecule has 0 aliphatic rings. The van der Waals surface area contributed by atoms with Crippen LogP contribution < -0.4 is 14.4 Å². The van der Waals surface area contributed by atoms with E-state index in [1.54, 1.807) is 49.4 Å². The second-order valence-corrected chi connectivity index (χ2v) is 10.0. The van der Waals surface area contributed by atoms with Crippen LogP contribution in [0, 0.1) is 5.82 Å². The number of benzene rings is 3. The van der Waals surface area contributed by atoms with E-state index in [2.05, 4.69) is 5.32 Å². The zero-order valence-corrected chi connectivity index (χ0v) is 21.7. The van der Waals surface area contributed by atoms with Crippen LogP contribution in [0.2, 0.25) is 0 Å². The maximum Gasteiger partial charge on any atom is 0.264 e. The molecule has 37 heavy (non-hydrogen) atoms. The number of nitrogens with one attached hydrogen (secondary N) is 1. The Morgan fingerprint density at radius 2 is 1.68 bits per heavy atom. The van der Waals surface area contributed by atoms with Crippen molar-refractivity contribution in [1.82, 2.24) is 10.2 Å². The number of amides is 2. The van der Waals surface area contributed by atoms with Crippen molar-refractivity contribution in [2.24, 2.45) is 0 Å². The van der Waals surface area contributed by atoms with Gasteiger partial charge in [-0.1, -0.05) is 49.4 Å². The van der Waals surface area contributed by atoms with Gasteiger partial charge < -0.3 is 15.0 Å². The summed E-state index contributed by atoms with van der Waals surface area (Å²) in [7, 11) is -1.34. The number of sulfonamides is 1. The Morgan fingerprint density at radius 3 is 2.30 bits per heavy atom. The van der Waals surface area contributed by atoms with Crippen LogP contribution in [0.25, 0.3) is 0 Å². The topological polar surface area (TPSA) is 96.0 Å². The molecule has 0 unspecified atom stereocenters. The molecule has 0 saturated heterocycles. The van der Waals surface area contributed by atoms with Gasteiger partial charge in [0.25, 0.3) is 10.0 Å². The summed E-state index contributed by atoms with van der Waals surface area (Å²) in [4.78, 5) is 27.7. The molecule has 3 aromatic rings. The van der Waals surface area contributed by atoms with Crippen molar-refractivity contribution in [2.45, 2.75) is 30.8 Å². The lowest BCUT2D eigenvalue weighted by Gasteiger charge is -2.33. The number of carbonyl (C=O) groups is 2. The van der Waals surface area contributed by atoms with E-state index in [0.29, 0.717) is 11.3 Å². The summed E-state index contributed by atoms with van der Waals surface area (Å²) in [5.41, 5.74) is 0.410. The first-order valence-corrected chi connectivity index (χ1v) is 13.1. The number of likely N-dealkylation sites (N-methyl/N-ethyl adjacent to an activating group) is 1. The third-order valence-corrected chi connectivity index (χ3v) is 7.62. The lowest BCUT2D eigenvalue weighted by molar-refractivity contribution is -0.140. The van der Waals surface area contributed by atoms with Gasteiger partial charge in [0.2, 0.25) is 11.8 Å². The number of nitrogens with zero attached hydrogens (tertiary/aromatic N) is 2. The zero-order chi connectivity index (χ0) is 27.0. The largest absolute Gasteiger partial charge is 0.497 e. The Morgan fingerprint density at radius 1 is 1.00 bits per heavy atom. The van der Waals surface area contributed by atoms with Crippen LogP contribution in [-0.2, 0) is 26.2 Å². The molecule has 0 fully saturated rings. The fraction of sp³-hybridized carbons (Fsp3) is 0.259. The average Bonchev–Trinajstić information content (AvgIpc) is 2.92. The molecule has 2 amide bonds. The van der Waals surface area contributed by atoms with Gasteiger partial charge >= 0.3 is 0 Å². The van der Waals surface area contributed by atoms with E-state index >= 15 is 0 Å². The molecule has 0 aromatic heterocycles. The maximum absolute atomic E-state index is 14.9. The minimum absolute atomic E-state index is 0.0124. The van der Waals surface area contributed by atoms with Crippen LogP contribution in [0.3, 0.4) is 0 Å². The van der Waals surface area contributed by atoms with Crippen molar-refractivity contribution < 1.29 is 27.1 Å². The summed E-state index contributed by atoms with van der Waals surface area (Å²) >= 11 is 0. The molecular formula is C27H30FN3O5S. The smallest absolute Gasteiger partial charge is 0.264 e. The number of ether oxygens (including phenoxy) is 1. The van der Waals surface area contributed by atoms with E-state index in [1.165, 1.54) is 49.4 Å². The second kappa shape index (κ2) is 12.4. The number of methoxy groups -OCH3 is 1.